The lowest BCUT2D eigenvalue weighted by Gasteiger charge is -2.24. The van der Waals surface area contributed by atoms with E-state index in [4.69, 9.17) is 25.5 Å². The van der Waals surface area contributed by atoms with Gasteiger partial charge in [-0.25, -0.2) is 0 Å². The van der Waals surface area contributed by atoms with Crippen LogP contribution < -0.4 is 10.8 Å². The number of benzene rings is 1. The number of aromatic nitrogens is 2. The molecule has 0 aliphatic carbocycles. The fourth-order valence-corrected chi connectivity index (χ4v) is 4.40. The van der Waals surface area contributed by atoms with Crippen LogP contribution in [0.3, 0.4) is 0 Å². The summed E-state index contributed by atoms with van der Waals surface area (Å²) in [6.45, 7) is 3.33. The molecule has 0 amide bonds. The van der Waals surface area contributed by atoms with Crippen molar-refractivity contribution < 1.29 is 14.7 Å². The molecule has 0 unspecified atom stereocenters. The third kappa shape index (κ3) is 6.02. The van der Waals surface area contributed by atoms with Crippen LogP contribution in [0.2, 0.25) is 0 Å². The highest BCUT2D eigenvalue weighted by atomic mass is 32.2. The number of ether oxygens (including phenoxy) is 1. The Balaban J connectivity index is 1.51. The van der Waals surface area contributed by atoms with Crippen molar-refractivity contribution >= 4 is 39.2 Å². The summed E-state index contributed by atoms with van der Waals surface area (Å²) in [6, 6.07) is 11.7. The van der Waals surface area contributed by atoms with Crippen LogP contribution in [-0.2, 0) is 9.57 Å². The second-order valence-electron chi connectivity index (χ2n) is 7.92. The van der Waals surface area contributed by atoms with E-state index in [2.05, 4.69) is 21.5 Å². The molecule has 1 saturated heterocycles. The topological polar surface area (TPSA) is 129 Å². The fourth-order valence-electron chi connectivity index (χ4n) is 3.61. The number of pyridine rings is 2. The van der Waals surface area contributed by atoms with Gasteiger partial charge in [0, 0.05) is 41.3 Å². The predicted molar refractivity (Wildman–Crippen MR) is 134 cm³/mol. The van der Waals surface area contributed by atoms with Gasteiger partial charge in [-0.2, -0.15) is 0 Å². The van der Waals surface area contributed by atoms with Crippen LogP contribution in [0.5, 0.6) is 0 Å². The van der Waals surface area contributed by atoms with Gasteiger partial charge in [-0.1, -0.05) is 16.9 Å². The lowest BCUT2D eigenvalue weighted by Crippen LogP contribution is -2.27. The number of hydrogen-bond acceptors (Lipinski definition) is 9. The Bertz CT molecular complexity index is 1250. The number of nitrogens with zero attached hydrogens (tertiary/aromatic N) is 3. The minimum absolute atomic E-state index is 0.113. The molecule has 4 N–H and O–H groups in total. The van der Waals surface area contributed by atoms with Crippen LogP contribution in [0, 0.1) is 10.8 Å². The van der Waals surface area contributed by atoms with Gasteiger partial charge in [0.15, 0.2) is 5.17 Å². The lowest BCUT2D eigenvalue weighted by molar-refractivity contribution is 0.0904. The molecule has 10 heteroatoms. The number of rotatable bonds is 7. The molecule has 3 heterocycles. The molecule has 178 valence electrons. The molecule has 1 aromatic carbocycles. The normalized spacial score (nSPS) is 14.8. The van der Waals surface area contributed by atoms with Crippen molar-refractivity contribution in [1.82, 2.24) is 9.55 Å². The lowest BCUT2D eigenvalue weighted by atomic mass is 10.1. The molecule has 0 radical (unpaired) electrons. The highest BCUT2D eigenvalue weighted by Gasteiger charge is 2.14. The molecule has 1 fully saturated rings. The van der Waals surface area contributed by atoms with Gasteiger partial charge in [-0.3, -0.25) is 20.4 Å². The van der Waals surface area contributed by atoms with Gasteiger partial charge in [0.25, 0.3) is 0 Å². The molecule has 1 aliphatic heterocycles. The minimum Gasteiger partial charge on any atom is -0.393 e. The summed E-state index contributed by atoms with van der Waals surface area (Å²) < 4.78 is 6.93. The Hall–Kier alpha value is -3.21. The van der Waals surface area contributed by atoms with Crippen LogP contribution in [0.25, 0.3) is 10.9 Å². The Kier molecular flexibility index (Phi) is 7.94. The van der Waals surface area contributed by atoms with Gasteiger partial charge >= 0.3 is 0 Å². The molecule has 34 heavy (non-hydrogen) atoms. The highest BCUT2D eigenvalue weighted by molar-refractivity contribution is 8.13. The third-order valence-electron chi connectivity index (χ3n) is 5.43. The molecule has 4 rings (SSSR count). The number of thioether (sulfide) groups is 1. The van der Waals surface area contributed by atoms with Crippen LogP contribution in [0.1, 0.15) is 25.3 Å². The molecular weight excluding hydrogens is 452 g/mol. The Morgan fingerprint density at radius 1 is 1.29 bits per heavy atom. The summed E-state index contributed by atoms with van der Waals surface area (Å²) in [6.07, 6.45) is 5.51. The molecular formula is C24H28N6O3S. The summed E-state index contributed by atoms with van der Waals surface area (Å²) in [4.78, 5) is 10.5. The zero-order valence-corrected chi connectivity index (χ0v) is 19.8. The average Bonchev–Trinajstić information content (AvgIpc) is 2.85. The van der Waals surface area contributed by atoms with Crippen molar-refractivity contribution in [1.29, 1.82) is 10.8 Å². The summed E-state index contributed by atoms with van der Waals surface area (Å²) in [5, 5.41) is 34.4. The Morgan fingerprint density at radius 2 is 2.12 bits per heavy atom. The van der Waals surface area contributed by atoms with Gasteiger partial charge in [-0.15, -0.1) is 0 Å². The first-order valence-corrected chi connectivity index (χ1v) is 11.9. The van der Waals surface area contributed by atoms with Crippen molar-refractivity contribution in [3.63, 3.8) is 0 Å². The van der Waals surface area contributed by atoms with E-state index in [9.17, 15) is 0 Å². The average molecular weight is 481 g/mol. The Labute approximate surface area is 201 Å². The van der Waals surface area contributed by atoms with E-state index in [1.165, 1.54) is 16.3 Å². The third-order valence-corrected chi connectivity index (χ3v) is 6.31. The molecule has 0 spiro atoms. The zero-order valence-electron chi connectivity index (χ0n) is 19.0. The van der Waals surface area contributed by atoms with Crippen LogP contribution in [0.15, 0.2) is 58.8 Å². The van der Waals surface area contributed by atoms with Crippen molar-refractivity contribution in [2.75, 3.05) is 31.7 Å². The largest absolute Gasteiger partial charge is 0.393 e. The van der Waals surface area contributed by atoms with E-state index >= 15 is 0 Å². The number of aliphatic hydroxyl groups is 1. The summed E-state index contributed by atoms with van der Waals surface area (Å²) in [5.74, 6) is 0. The monoisotopic (exact) mass is 480 g/mol. The molecule has 1 aliphatic rings. The maximum Gasteiger partial charge on any atom is 0.171 e. The van der Waals surface area contributed by atoms with Gasteiger partial charge in [0.2, 0.25) is 0 Å². The van der Waals surface area contributed by atoms with Crippen LogP contribution >= 0.6 is 11.8 Å². The fraction of sp³-hybridized carbons (Fsp3) is 0.333. The standard InChI is InChI=1S/C24H28N6O3S/c1-16(29-33-11-8-31)17-2-5-23(25)30(15-17)24(26)34-21-3-4-22-18(13-21)12-20(14-27-22)28-19-6-9-32-10-7-19/h2-5,12-15,19,25-26,28,31H,6-11H2,1H3/b25-23?,26-24?,29-16+. The first-order valence-electron chi connectivity index (χ1n) is 11.1. The second kappa shape index (κ2) is 11.3. The summed E-state index contributed by atoms with van der Waals surface area (Å²) in [7, 11) is 0. The van der Waals surface area contributed by atoms with Crippen molar-refractivity contribution in [2.24, 2.45) is 5.16 Å². The maximum absolute atomic E-state index is 8.83. The first kappa shape index (κ1) is 23.9. The van der Waals surface area contributed by atoms with Gasteiger partial charge < -0.3 is 20.0 Å². The second-order valence-corrected chi connectivity index (χ2v) is 8.99. The molecule has 0 bridgehead atoms. The van der Waals surface area contributed by atoms with E-state index in [0.717, 1.165) is 53.1 Å². The SMILES string of the molecule is C/C(=N\OCCO)c1ccc(=N)n(C(=N)Sc2ccc3ncc(NC4CCOCC4)cc3c2)c1. The molecule has 0 atom stereocenters. The van der Waals surface area contributed by atoms with Gasteiger partial charge in [-0.05, 0) is 56.2 Å². The van der Waals surface area contributed by atoms with Gasteiger partial charge in [0.1, 0.15) is 12.1 Å². The Morgan fingerprint density at radius 3 is 2.91 bits per heavy atom. The van der Waals surface area contributed by atoms with E-state index in [1.807, 2.05) is 24.4 Å². The smallest absolute Gasteiger partial charge is 0.171 e. The van der Waals surface area contributed by atoms with E-state index in [-0.39, 0.29) is 23.9 Å². The molecule has 3 aromatic rings. The van der Waals surface area contributed by atoms with Crippen molar-refractivity contribution in [3.05, 3.63) is 59.8 Å². The summed E-state index contributed by atoms with van der Waals surface area (Å²) in [5.41, 5.74) is 3.38. The van der Waals surface area contributed by atoms with Crippen LogP contribution in [-0.4, -0.2) is 58.0 Å². The van der Waals surface area contributed by atoms with E-state index < -0.39 is 0 Å². The molecule has 9 nitrogen and oxygen atoms in total. The molecule has 2 aromatic heterocycles. The number of oxime groups is 1. The first-order chi connectivity index (χ1) is 16.5. The van der Waals surface area contributed by atoms with Crippen LogP contribution in [0.4, 0.5) is 5.69 Å². The van der Waals surface area contributed by atoms with E-state index in [1.54, 1.807) is 25.3 Å². The van der Waals surface area contributed by atoms with E-state index in [0.29, 0.717) is 11.8 Å². The quantitative estimate of drug-likeness (QED) is 0.135. The number of hydrogen-bond donors (Lipinski definition) is 4. The van der Waals surface area contributed by atoms with Crippen molar-refractivity contribution in [3.8, 4) is 0 Å². The number of aliphatic hydroxyl groups excluding tert-OH is 1. The highest BCUT2D eigenvalue weighted by Crippen LogP contribution is 2.26. The predicted octanol–water partition coefficient (Wildman–Crippen LogP) is 3.41. The number of nitrogens with one attached hydrogen (secondary N) is 3. The minimum atomic E-state index is -0.113. The number of fused-ring (bicyclic) bond motifs is 1. The van der Waals surface area contributed by atoms with Gasteiger partial charge in [0.05, 0.1) is 29.7 Å². The molecule has 0 saturated carbocycles. The van der Waals surface area contributed by atoms with Crippen molar-refractivity contribution in [2.45, 2.75) is 30.7 Å². The summed E-state index contributed by atoms with van der Waals surface area (Å²) >= 11 is 1.27. The maximum atomic E-state index is 8.83. The zero-order chi connectivity index (χ0) is 23.9. The number of anilines is 1.